The first-order chi connectivity index (χ1) is 13.5. The van der Waals surface area contributed by atoms with E-state index in [-0.39, 0.29) is 10.3 Å². The lowest BCUT2D eigenvalue weighted by Crippen LogP contribution is -2.48. The molecule has 0 atom stereocenters. The van der Waals surface area contributed by atoms with Crippen LogP contribution in [0, 0.1) is 6.92 Å². The summed E-state index contributed by atoms with van der Waals surface area (Å²) >= 11 is 2.21. The normalized spacial score (nSPS) is 27.4. The number of aromatic amines is 1. The van der Waals surface area contributed by atoms with Crippen LogP contribution in [0.25, 0.3) is 10.9 Å². The Bertz CT molecular complexity index is 1010. The summed E-state index contributed by atoms with van der Waals surface area (Å²) in [5.41, 5.74) is 7.44. The molecule has 1 aliphatic carbocycles. The molecule has 1 N–H and O–H groups in total. The fourth-order valence-corrected chi connectivity index (χ4v) is 7.17. The van der Waals surface area contributed by atoms with Crippen LogP contribution < -0.4 is 0 Å². The first-order valence-corrected chi connectivity index (χ1v) is 11.5. The molecular weight excluding hydrogens is 360 g/mol. The van der Waals surface area contributed by atoms with Gasteiger partial charge in [-0.15, -0.1) is 11.8 Å². The molecule has 2 aliphatic rings. The van der Waals surface area contributed by atoms with Gasteiger partial charge < -0.3 is 4.98 Å². The topological polar surface area (TPSA) is 19.0 Å². The summed E-state index contributed by atoms with van der Waals surface area (Å²) < 4.78 is 0.260. The Hall–Kier alpha value is -1.71. The van der Waals surface area contributed by atoms with E-state index in [4.69, 9.17) is 0 Å². The highest BCUT2D eigenvalue weighted by Gasteiger charge is 2.48. The molecule has 2 nitrogen and oxygen atoms in total. The van der Waals surface area contributed by atoms with Crippen LogP contribution >= 0.6 is 11.8 Å². The molecule has 1 fully saturated rings. The van der Waals surface area contributed by atoms with Crippen molar-refractivity contribution in [1.29, 1.82) is 0 Å². The van der Waals surface area contributed by atoms with Crippen molar-refractivity contribution in [3.05, 3.63) is 70.9 Å². The Morgan fingerprint density at radius 2 is 1.75 bits per heavy atom. The van der Waals surface area contributed by atoms with E-state index in [1.165, 1.54) is 65.6 Å². The Kier molecular flexibility index (Phi) is 4.37. The number of para-hydroxylation sites is 1. The maximum absolute atomic E-state index is 3.85. The fraction of sp³-hybridized carbons (Fsp3) is 0.440. The number of rotatable bonds is 2. The van der Waals surface area contributed by atoms with Gasteiger partial charge in [0.05, 0.1) is 4.75 Å². The lowest BCUT2D eigenvalue weighted by molar-refractivity contribution is 0.0839. The van der Waals surface area contributed by atoms with Crippen molar-refractivity contribution < 1.29 is 0 Å². The Morgan fingerprint density at radius 3 is 2.50 bits per heavy atom. The molecule has 0 radical (unpaired) electrons. The number of fused-ring (bicyclic) bond motifs is 4. The fourth-order valence-electron chi connectivity index (χ4n) is 5.66. The summed E-state index contributed by atoms with van der Waals surface area (Å²) in [6.07, 6.45) is 6.10. The third-order valence-electron chi connectivity index (χ3n) is 7.30. The van der Waals surface area contributed by atoms with Crippen LogP contribution in [0.15, 0.2) is 48.5 Å². The predicted molar refractivity (Wildman–Crippen MR) is 121 cm³/mol. The zero-order valence-electron chi connectivity index (χ0n) is 17.2. The molecule has 1 aromatic heterocycles. The Labute approximate surface area is 172 Å². The minimum Gasteiger partial charge on any atom is -0.357 e. The van der Waals surface area contributed by atoms with Crippen LogP contribution in [-0.2, 0) is 16.7 Å². The summed E-state index contributed by atoms with van der Waals surface area (Å²) in [5.74, 6) is 1.24. The minimum absolute atomic E-state index is 0.154. The third-order valence-corrected chi connectivity index (χ3v) is 8.87. The van der Waals surface area contributed by atoms with Gasteiger partial charge in [0.25, 0.3) is 0 Å². The number of nitrogens with one attached hydrogen (secondary N) is 1. The smallest absolute Gasteiger partial charge is 0.0563 e. The van der Waals surface area contributed by atoms with E-state index < -0.39 is 0 Å². The average Bonchev–Trinajstić information content (AvgIpc) is 3.09. The predicted octanol–water partition coefficient (Wildman–Crippen LogP) is 5.99. The molecule has 2 heterocycles. The van der Waals surface area contributed by atoms with Gasteiger partial charge in [0, 0.05) is 22.1 Å². The second-order valence-corrected chi connectivity index (χ2v) is 10.4. The van der Waals surface area contributed by atoms with Crippen molar-refractivity contribution in [3.63, 3.8) is 0 Å². The molecule has 146 valence electrons. The van der Waals surface area contributed by atoms with Gasteiger partial charge in [0.15, 0.2) is 0 Å². The van der Waals surface area contributed by atoms with E-state index in [0.29, 0.717) is 0 Å². The van der Waals surface area contributed by atoms with E-state index in [2.05, 4.69) is 91.2 Å². The van der Waals surface area contributed by atoms with Gasteiger partial charge in [-0.3, -0.25) is 4.90 Å². The van der Waals surface area contributed by atoms with Crippen molar-refractivity contribution in [2.24, 2.45) is 0 Å². The highest BCUT2D eigenvalue weighted by Crippen LogP contribution is 2.57. The SMILES string of the molecule is Cc1cccc(C2(N(C)C)CCC3(CC2)SCCc2c3[nH]c3ccccc23)c1. The van der Waals surface area contributed by atoms with E-state index in [1.807, 2.05) is 0 Å². The van der Waals surface area contributed by atoms with Crippen molar-refractivity contribution >= 4 is 22.7 Å². The zero-order chi connectivity index (χ0) is 19.4. The summed E-state index contributed by atoms with van der Waals surface area (Å²) in [7, 11) is 4.53. The highest BCUT2D eigenvalue weighted by molar-refractivity contribution is 8.00. The van der Waals surface area contributed by atoms with Gasteiger partial charge in [0.2, 0.25) is 0 Å². The first kappa shape index (κ1) is 18.3. The summed E-state index contributed by atoms with van der Waals surface area (Å²) in [5, 5.41) is 1.44. The summed E-state index contributed by atoms with van der Waals surface area (Å²) in [4.78, 5) is 6.33. The molecule has 3 heteroatoms. The van der Waals surface area contributed by atoms with Crippen molar-refractivity contribution in [2.75, 3.05) is 19.8 Å². The number of hydrogen-bond acceptors (Lipinski definition) is 2. The average molecular weight is 391 g/mol. The maximum Gasteiger partial charge on any atom is 0.0563 e. The van der Waals surface area contributed by atoms with E-state index in [0.717, 1.165) is 0 Å². The van der Waals surface area contributed by atoms with Crippen LogP contribution in [0.3, 0.4) is 0 Å². The maximum atomic E-state index is 3.85. The molecule has 0 amide bonds. The molecule has 28 heavy (non-hydrogen) atoms. The van der Waals surface area contributed by atoms with Gasteiger partial charge in [0.1, 0.15) is 0 Å². The summed E-state index contributed by atoms with van der Waals surface area (Å²) in [6.45, 7) is 2.21. The highest BCUT2D eigenvalue weighted by atomic mass is 32.2. The summed E-state index contributed by atoms with van der Waals surface area (Å²) in [6, 6.07) is 18.1. The van der Waals surface area contributed by atoms with Gasteiger partial charge in [-0.2, -0.15) is 0 Å². The number of hydrogen-bond donors (Lipinski definition) is 1. The molecule has 5 rings (SSSR count). The number of nitrogens with zero attached hydrogens (tertiary/aromatic N) is 1. The molecule has 1 aliphatic heterocycles. The lowest BCUT2D eigenvalue weighted by atomic mass is 9.70. The molecule has 0 unspecified atom stereocenters. The first-order valence-electron chi connectivity index (χ1n) is 10.5. The van der Waals surface area contributed by atoms with Gasteiger partial charge in [-0.1, -0.05) is 48.0 Å². The Balaban J connectivity index is 1.53. The number of H-pyrrole nitrogens is 1. The van der Waals surface area contributed by atoms with Crippen molar-refractivity contribution in [1.82, 2.24) is 9.88 Å². The number of aryl methyl sites for hydroxylation is 2. The minimum atomic E-state index is 0.154. The van der Waals surface area contributed by atoms with Crippen LogP contribution in [0.1, 0.15) is 48.1 Å². The van der Waals surface area contributed by atoms with Crippen LogP contribution in [0.4, 0.5) is 0 Å². The largest absolute Gasteiger partial charge is 0.357 e. The van der Waals surface area contributed by atoms with E-state index in [1.54, 1.807) is 5.56 Å². The molecular formula is C25H30N2S. The monoisotopic (exact) mass is 390 g/mol. The zero-order valence-corrected chi connectivity index (χ0v) is 18.0. The Morgan fingerprint density at radius 1 is 0.964 bits per heavy atom. The van der Waals surface area contributed by atoms with Crippen molar-refractivity contribution in [3.8, 4) is 0 Å². The molecule has 1 saturated carbocycles. The van der Waals surface area contributed by atoms with Crippen LogP contribution in [0.2, 0.25) is 0 Å². The third kappa shape index (κ3) is 2.67. The standard InChI is InChI=1S/C25H30N2S/c1-18-7-6-8-19(17-18)24(27(2)3)12-14-25(15-13-24)23-21(11-16-28-25)20-9-4-5-10-22(20)26-23/h4-10,17,26H,11-16H2,1-3H3. The molecule has 1 spiro atoms. The number of benzene rings is 2. The van der Waals surface area contributed by atoms with Gasteiger partial charge >= 0.3 is 0 Å². The number of aromatic nitrogens is 1. The van der Waals surface area contributed by atoms with Gasteiger partial charge in [-0.25, -0.2) is 0 Å². The molecule has 0 saturated heterocycles. The molecule has 2 aromatic carbocycles. The second kappa shape index (κ2) is 6.67. The quantitative estimate of drug-likeness (QED) is 0.579. The lowest BCUT2D eigenvalue weighted by Gasteiger charge is -2.51. The molecule has 0 bridgehead atoms. The van der Waals surface area contributed by atoms with Crippen molar-refractivity contribution in [2.45, 2.75) is 49.3 Å². The van der Waals surface area contributed by atoms with Crippen LogP contribution in [-0.4, -0.2) is 29.7 Å². The second-order valence-electron chi connectivity index (χ2n) is 8.91. The van der Waals surface area contributed by atoms with Gasteiger partial charge in [-0.05, 0) is 76.1 Å². The molecule has 3 aromatic rings. The number of thioether (sulfide) groups is 1. The van der Waals surface area contributed by atoms with Crippen LogP contribution in [0.5, 0.6) is 0 Å². The van der Waals surface area contributed by atoms with E-state index in [9.17, 15) is 0 Å². The van der Waals surface area contributed by atoms with E-state index >= 15 is 0 Å².